The van der Waals surface area contributed by atoms with Crippen LogP contribution in [-0.4, -0.2) is 28.2 Å². The van der Waals surface area contributed by atoms with E-state index in [9.17, 15) is 4.21 Å². The largest absolute Gasteiger partial charge is 0.396 e. The molecule has 1 aromatic rings. The van der Waals surface area contributed by atoms with E-state index in [0.29, 0.717) is 17.3 Å². The molecule has 5 heteroatoms. The maximum absolute atomic E-state index is 11.8. The van der Waals surface area contributed by atoms with Crippen LogP contribution >= 0.6 is 0 Å². The lowest BCUT2D eigenvalue weighted by Crippen LogP contribution is -2.18. The van der Waals surface area contributed by atoms with Crippen LogP contribution in [0.25, 0.3) is 0 Å². The molecule has 0 aliphatic carbocycles. The maximum atomic E-state index is 11.8. The molecule has 0 radical (unpaired) electrons. The van der Waals surface area contributed by atoms with Gasteiger partial charge in [0.05, 0.1) is 28.3 Å². The van der Waals surface area contributed by atoms with Gasteiger partial charge in [-0.1, -0.05) is 0 Å². The summed E-state index contributed by atoms with van der Waals surface area (Å²) in [5, 5.41) is 0.342. The fraction of sp³-hybridized carbons (Fsp3) is 0.444. The maximum Gasteiger partial charge on any atom is 0.150 e. The molecule has 78 valence electrons. The monoisotopic (exact) mass is 214 g/mol. The van der Waals surface area contributed by atoms with Gasteiger partial charge in [-0.15, -0.1) is 0 Å². The van der Waals surface area contributed by atoms with Gasteiger partial charge in [0.15, 0.2) is 0 Å². The van der Waals surface area contributed by atoms with Gasteiger partial charge in [-0.2, -0.15) is 0 Å². The van der Waals surface area contributed by atoms with Gasteiger partial charge in [-0.25, -0.2) is 4.98 Å². The number of nitrogen functional groups attached to an aromatic ring is 1. The molecule has 0 aliphatic heterocycles. The topological polar surface area (TPSA) is 65.2 Å². The Morgan fingerprint density at radius 3 is 3.00 bits per heavy atom. The van der Waals surface area contributed by atoms with Crippen molar-refractivity contribution in [1.29, 1.82) is 0 Å². The van der Waals surface area contributed by atoms with E-state index in [1.165, 1.54) is 0 Å². The lowest BCUT2D eigenvalue weighted by Gasteiger charge is -2.10. The zero-order chi connectivity index (χ0) is 10.6. The van der Waals surface area contributed by atoms with Crippen molar-refractivity contribution in [3.63, 3.8) is 0 Å². The van der Waals surface area contributed by atoms with Crippen LogP contribution in [0.5, 0.6) is 0 Å². The Hall–Kier alpha value is -0.940. The second-order valence-corrected chi connectivity index (χ2v) is 4.75. The average molecular weight is 214 g/mol. The summed E-state index contributed by atoms with van der Waals surface area (Å²) in [5.41, 5.74) is 6.13. The van der Waals surface area contributed by atoms with Crippen molar-refractivity contribution in [3.8, 4) is 0 Å². The van der Waals surface area contributed by atoms with Crippen LogP contribution in [0.1, 0.15) is 6.92 Å². The molecule has 0 fully saturated rings. The number of pyridine rings is 1. The summed E-state index contributed by atoms with van der Waals surface area (Å²) in [6.07, 6.45) is 1.59. The van der Waals surface area contributed by atoms with Crippen molar-refractivity contribution in [1.82, 2.24) is 4.98 Å². The van der Waals surface area contributed by atoms with Gasteiger partial charge in [0.2, 0.25) is 0 Å². The van der Waals surface area contributed by atoms with Gasteiger partial charge >= 0.3 is 0 Å². The van der Waals surface area contributed by atoms with Crippen molar-refractivity contribution in [3.05, 3.63) is 18.3 Å². The summed E-state index contributed by atoms with van der Waals surface area (Å²) in [5.74, 6) is 0. The minimum absolute atomic E-state index is 0.0998. The van der Waals surface area contributed by atoms with E-state index >= 15 is 0 Å². The van der Waals surface area contributed by atoms with E-state index in [2.05, 4.69) is 4.98 Å². The summed E-state index contributed by atoms with van der Waals surface area (Å²) >= 11 is 0. The zero-order valence-electron chi connectivity index (χ0n) is 8.27. The average Bonchev–Trinajstić information content (AvgIpc) is 2.18. The molecule has 14 heavy (non-hydrogen) atoms. The smallest absolute Gasteiger partial charge is 0.150 e. The highest BCUT2D eigenvalue weighted by atomic mass is 32.2. The third-order valence-electron chi connectivity index (χ3n) is 1.76. The van der Waals surface area contributed by atoms with E-state index in [4.69, 9.17) is 10.5 Å². The molecule has 0 amide bonds. The quantitative estimate of drug-likeness (QED) is 0.805. The van der Waals surface area contributed by atoms with Crippen molar-refractivity contribution < 1.29 is 8.95 Å². The first kappa shape index (κ1) is 11.1. The summed E-state index contributed by atoms with van der Waals surface area (Å²) < 4.78 is 16.8. The van der Waals surface area contributed by atoms with E-state index < -0.39 is 10.8 Å². The fourth-order valence-corrected chi connectivity index (χ4v) is 2.16. The Balaban J connectivity index is 2.84. The lowest BCUT2D eigenvalue weighted by atomic mass is 10.4. The van der Waals surface area contributed by atoms with E-state index in [1.54, 1.807) is 25.4 Å². The second kappa shape index (κ2) is 5.07. The normalized spacial score (nSPS) is 15.0. The Bertz CT molecular complexity index is 330. The van der Waals surface area contributed by atoms with Crippen molar-refractivity contribution in [2.75, 3.05) is 19.5 Å². The first-order chi connectivity index (χ1) is 6.66. The molecule has 2 N–H and O–H groups in total. The Labute approximate surface area is 85.9 Å². The summed E-state index contributed by atoms with van der Waals surface area (Å²) in [4.78, 5) is 4.00. The molecule has 1 heterocycles. The van der Waals surface area contributed by atoms with Gasteiger partial charge in [-0.05, 0) is 19.1 Å². The predicted octanol–water partition coefficient (Wildman–Crippen LogP) is 0.806. The Morgan fingerprint density at radius 1 is 1.71 bits per heavy atom. The SMILES string of the molecule is COCC(C)S(=O)c1ncccc1N. The molecule has 2 unspecified atom stereocenters. The van der Waals surface area contributed by atoms with Crippen LogP contribution in [0.4, 0.5) is 5.69 Å². The molecule has 0 spiro atoms. The number of hydrogen-bond donors (Lipinski definition) is 1. The minimum Gasteiger partial charge on any atom is -0.396 e. The number of rotatable bonds is 4. The molecule has 2 atom stereocenters. The number of hydrogen-bond acceptors (Lipinski definition) is 4. The second-order valence-electron chi connectivity index (χ2n) is 2.96. The van der Waals surface area contributed by atoms with Gasteiger partial charge in [0.25, 0.3) is 0 Å². The molecule has 1 aromatic heterocycles. The molecular formula is C9H14N2O2S. The molecule has 0 saturated heterocycles. The molecule has 0 saturated carbocycles. The molecule has 1 rings (SSSR count). The van der Waals surface area contributed by atoms with E-state index in [0.717, 1.165) is 0 Å². The predicted molar refractivity (Wildman–Crippen MR) is 56.4 cm³/mol. The van der Waals surface area contributed by atoms with Crippen LogP contribution in [0.2, 0.25) is 0 Å². The van der Waals surface area contributed by atoms with Crippen LogP contribution in [0, 0.1) is 0 Å². The van der Waals surface area contributed by atoms with Crippen LogP contribution in [-0.2, 0) is 15.5 Å². The molecular weight excluding hydrogens is 200 g/mol. The van der Waals surface area contributed by atoms with Crippen molar-refractivity contribution >= 4 is 16.5 Å². The van der Waals surface area contributed by atoms with Gasteiger partial charge in [0, 0.05) is 13.3 Å². The summed E-state index contributed by atoms with van der Waals surface area (Å²) in [6.45, 7) is 2.27. The lowest BCUT2D eigenvalue weighted by molar-refractivity contribution is 0.201. The molecule has 0 bridgehead atoms. The minimum atomic E-state index is -1.20. The highest BCUT2D eigenvalue weighted by molar-refractivity contribution is 7.85. The van der Waals surface area contributed by atoms with Crippen molar-refractivity contribution in [2.45, 2.75) is 17.2 Å². The van der Waals surface area contributed by atoms with E-state index in [1.807, 2.05) is 6.92 Å². The third-order valence-corrected chi connectivity index (χ3v) is 3.35. The number of ether oxygens (including phenoxy) is 1. The highest BCUT2D eigenvalue weighted by Crippen LogP contribution is 2.15. The third kappa shape index (κ3) is 2.52. The first-order valence-electron chi connectivity index (χ1n) is 4.26. The number of anilines is 1. The molecule has 0 aliphatic rings. The first-order valence-corrected chi connectivity index (χ1v) is 5.48. The van der Waals surface area contributed by atoms with Gasteiger partial charge in [0.1, 0.15) is 5.03 Å². The zero-order valence-corrected chi connectivity index (χ0v) is 9.08. The van der Waals surface area contributed by atoms with Crippen molar-refractivity contribution in [2.24, 2.45) is 0 Å². The number of nitrogens with two attached hydrogens (primary N) is 1. The molecule has 0 aromatic carbocycles. The number of methoxy groups -OCH3 is 1. The van der Waals surface area contributed by atoms with Crippen LogP contribution in [0.15, 0.2) is 23.4 Å². The Morgan fingerprint density at radius 2 is 2.43 bits per heavy atom. The van der Waals surface area contributed by atoms with E-state index in [-0.39, 0.29) is 5.25 Å². The number of aromatic nitrogens is 1. The van der Waals surface area contributed by atoms with Crippen LogP contribution < -0.4 is 5.73 Å². The van der Waals surface area contributed by atoms with Crippen LogP contribution in [0.3, 0.4) is 0 Å². The fourth-order valence-electron chi connectivity index (χ4n) is 1.06. The van der Waals surface area contributed by atoms with Gasteiger partial charge in [-0.3, -0.25) is 4.21 Å². The standard InChI is InChI=1S/C9H14N2O2S/c1-7(6-13-2)14(12)9-8(10)4-3-5-11-9/h3-5,7H,6,10H2,1-2H3. The summed E-state index contributed by atoms with van der Waals surface area (Å²) in [6, 6.07) is 3.41. The number of nitrogens with zero attached hydrogens (tertiary/aromatic N) is 1. The van der Waals surface area contributed by atoms with Gasteiger partial charge < -0.3 is 10.5 Å². The Kier molecular flexibility index (Phi) is 4.03. The highest BCUT2D eigenvalue weighted by Gasteiger charge is 2.16. The summed E-state index contributed by atoms with van der Waals surface area (Å²) in [7, 11) is 0.378. The molecule has 4 nitrogen and oxygen atoms in total.